The van der Waals surface area contributed by atoms with E-state index in [-0.39, 0.29) is 5.82 Å². The summed E-state index contributed by atoms with van der Waals surface area (Å²) < 4.78 is 0. The van der Waals surface area contributed by atoms with Gasteiger partial charge in [0.05, 0.1) is 0 Å². The van der Waals surface area contributed by atoms with Crippen LogP contribution in [0, 0.1) is 0 Å². The van der Waals surface area contributed by atoms with Crippen molar-refractivity contribution in [3.05, 3.63) is 17.7 Å². The Hall–Kier alpha value is -1.52. The van der Waals surface area contributed by atoms with Crippen LogP contribution in [0.5, 0.6) is 0 Å². The van der Waals surface area contributed by atoms with Gasteiger partial charge in [0.2, 0.25) is 0 Å². The van der Waals surface area contributed by atoms with Crippen LogP contribution in [0.2, 0.25) is 0 Å². The quantitative estimate of drug-likeness (QED) is 0.585. The van der Waals surface area contributed by atoms with Crippen molar-refractivity contribution in [3.8, 4) is 0 Å². The van der Waals surface area contributed by atoms with Gasteiger partial charge in [-0.1, -0.05) is 45.6 Å². The summed E-state index contributed by atoms with van der Waals surface area (Å²) in [6.45, 7) is 4.32. The Balaban J connectivity index is 2.60. The number of carbonyl (C=O) groups is 1. The summed E-state index contributed by atoms with van der Waals surface area (Å²) in [6, 6.07) is 3.51. The number of hydrogen-bond acceptors (Lipinski definition) is 2. The van der Waals surface area contributed by atoms with Crippen LogP contribution in [-0.4, -0.2) is 24.0 Å². The van der Waals surface area contributed by atoms with E-state index in [1.807, 2.05) is 6.07 Å². The van der Waals surface area contributed by atoms with E-state index in [0.717, 1.165) is 12.0 Å². The maximum Gasteiger partial charge on any atom is 0.410 e. The molecule has 1 aromatic rings. The number of rotatable bonds is 7. The highest BCUT2D eigenvalue weighted by molar-refractivity contribution is 6.31. The fourth-order valence-corrected chi connectivity index (χ4v) is 2.11. The third-order valence-electron chi connectivity index (χ3n) is 3.21. The van der Waals surface area contributed by atoms with Crippen LogP contribution in [0.15, 0.2) is 12.1 Å². The smallest absolute Gasteiger partial charge is 0.410 e. The Kier molecular flexibility index (Phi) is 6.40. The van der Waals surface area contributed by atoms with E-state index in [1.165, 1.54) is 25.7 Å². The number of hydrogen-bond donors (Lipinski definition) is 2. The molecule has 0 aliphatic rings. The predicted molar refractivity (Wildman–Crippen MR) is 78.4 cm³/mol. The number of amides is 1. The zero-order valence-corrected chi connectivity index (χ0v) is 11.6. The van der Waals surface area contributed by atoms with Crippen molar-refractivity contribution in [2.45, 2.75) is 51.9 Å². The first-order valence-corrected chi connectivity index (χ1v) is 6.81. The van der Waals surface area contributed by atoms with Crippen LogP contribution in [0.3, 0.4) is 0 Å². The molecule has 0 saturated heterocycles. The second kappa shape index (κ2) is 7.82. The van der Waals surface area contributed by atoms with Crippen molar-refractivity contribution < 1.29 is 9.90 Å². The summed E-state index contributed by atoms with van der Waals surface area (Å²) >= 11 is 0. The first kappa shape index (κ1) is 15.5. The van der Waals surface area contributed by atoms with E-state index in [4.69, 9.17) is 13.0 Å². The van der Waals surface area contributed by atoms with E-state index in [1.54, 1.807) is 6.07 Å². The standard InChI is InChI=1S/C14H21BN2O2/c1-3-4-5-6-7-10(2)11-8-9-12(16-13(11)15)17-14(18)19/h8-10H,3-7H2,1-2H3,(H,16,17)(H,18,19). The number of anilines is 1. The van der Waals surface area contributed by atoms with E-state index >= 15 is 0 Å². The minimum atomic E-state index is -1.13. The minimum Gasteiger partial charge on any atom is -0.465 e. The molecule has 0 aliphatic heterocycles. The highest BCUT2D eigenvalue weighted by atomic mass is 16.4. The molecular weight excluding hydrogens is 239 g/mol. The van der Waals surface area contributed by atoms with Gasteiger partial charge in [0.15, 0.2) is 0 Å². The molecule has 0 saturated carbocycles. The van der Waals surface area contributed by atoms with E-state index < -0.39 is 6.09 Å². The fraction of sp³-hybridized carbons (Fsp3) is 0.571. The van der Waals surface area contributed by atoms with Gasteiger partial charge in [0, 0.05) is 0 Å². The molecule has 2 radical (unpaired) electrons. The zero-order valence-electron chi connectivity index (χ0n) is 11.6. The molecule has 0 spiro atoms. The molecule has 1 rings (SSSR count). The molecule has 2 N–H and O–H groups in total. The van der Waals surface area contributed by atoms with Crippen LogP contribution >= 0.6 is 0 Å². The van der Waals surface area contributed by atoms with E-state index in [2.05, 4.69) is 24.1 Å². The van der Waals surface area contributed by atoms with E-state index in [9.17, 15) is 4.79 Å². The van der Waals surface area contributed by atoms with Crippen LogP contribution in [0.25, 0.3) is 0 Å². The van der Waals surface area contributed by atoms with Crippen molar-refractivity contribution in [2.75, 3.05) is 5.32 Å². The zero-order chi connectivity index (χ0) is 14.3. The highest BCUT2D eigenvalue weighted by Crippen LogP contribution is 2.20. The number of carboxylic acid groups (broad SMARTS) is 1. The molecule has 1 aromatic heterocycles. The van der Waals surface area contributed by atoms with Crippen molar-refractivity contribution in [1.29, 1.82) is 0 Å². The first-order valence-electron chi connectivity index (χ1n) is 6.81. The SMILES string of the molecule is [B]c1nc(NC(=O)O)ccc1C(C)CCCCCC. The molecule has 0 aromatic carbocycles. The summed E-state index contributed by atoms with van der Waals surface area (Å²) in [4.78, 5) is 14.6. The molecule has 1 unspecified atom stereocenters. The number of pyridine rings is 1. The van der Waals surface area contributed by atoms with Gasteiger partial charge in [-0.25, -0.2) is 9.78 Å². The lowest BCUT2D eigenvalue weighted by atomic mass is 9.87. The summed E-state index contributed by atoms with van der Waals surface area (Å²) in [6.07, 6.45) is 4.87. The topological polar surface area (TPSA) is 62.2 Å². The molecule has 4 nitrogen and oxygen atoms in total. The predicted octanol–water partition coefficient (Wildman–Crippen LogP) is 3.04. The molecule has 1 amide bonds. The third-order valence-corrected chi connectivity index (χ3v) is 3.21. The third kappa shape index (κ3) is 5.33. The molecule has 1 atom stereocenters. The fourth-order valence-electron chi connectivity index (χ4n) is 2.11. The highest BCUT2D eigenvalue weighted by Gasteiger charge is 2.10. The van der Waals surface area contributed by atoms with Gasteiger partial charge in [-0.3, -0.25) is 5.32 Å². The summed E-state index contributed by atoms with van der Waals surface area (Å²) in [5.41, 5.74) is 1.40. The lowest BCUT2D eigenvalue weighted by molar-refractivity contribution is 0.209. The Bertz CT molecular complexity index is 424. The molecule has 0 bridgehead atoms. The van der Waals surface area contributed by atoms with Gasteiger partial charge in [-0.2, -0.15) is 0 Å². The number of aromatic nitrogens is 1. The second-order valence-corrected chi connectivity index (χ2v) is 4.85. The van der Waals surface area contributed by atoms with Gasteiger partial charge >= 0.3 is 6.09 Å². The maximum atomic E-state index is 10.5. The number of unbranched alkanes of at least 4 members (excludes halogenated alkanes) is 3. The van der Waals surface area contributed by atoms with Crippen LogP contribution in [0.1, 0.15) is 57.4 Å². The largest absolute Gasteiger partial charge is 0.465 e. The average Bonchev–Trinajstić information content (AvgIpc) is 2.33. The van der Waals surface area contributed by atoms with Crippen molar-refractivity contribution in [1.82, 2.24) is 4.98 Å². The van der Waals surface area contributed by atoms with Gasteiger partial charge in [-0.15, -0.1) is 0 Å². The molecule has 0 aliphatic carbocycles. The number of nitrogens with one attached hydrogen (secondary N) is 1. The summed E-state index contributed by atoms with van der Waals surface area (Å²) in [7, 11) is 5.88. The molecule has 5 heteroatoms. The van der Waals surface area contributed by atoms with Crippen molar-refractivity contribution in [2.24, 2.45) is 0 Å². The minimum absolute atomic E-state index is 0.270. The summed E-state index contributed by atoms with van der Waals surface area (Å²) in [5.74, 6) is 0.621. The second-order valence-electron chi connectivity index (χ2n) is 4.85. The Morgan fingerprint density at radius 1 is 1.42 bits per heavy atom. The van der Waals surface area contributed by atoms with Crippen molar-refractivity contribution in [3.63, 3.8) is 0 Å². The van der Waals surface area contributed by atoms with E-state index in [0.29, 0.717) is 11.5 Å². The normalized spacial score (nSPS) is 12.1. The van der Waals surface area contributed by atoms with Crippen LogP contribution < -0.4 is 10.9 Å². The van der Waals surface area contributed by atoms with Gasteiger partial charge in [-0.05, 0) is 29.6 Å². The lowest BCUT2D eigenvalue weighted by Crippen LogP contribution is -2.20. The van der Waals surface area contributed by atoms with Crippen molar-refractivity contribution >= 4 is 25.4 Å². The van der Waals surface area contributed by atoms with Gasteiger partial charge in [0.1, 0.15) is 13.7 Å². The van der Waals surface area contributed by atoms with Crippen LogP contribution in [0.4, 0.5) is 10.6 Å². The van der Waals surface area contributed by atoms with Crippen LogP contribution in [-0.2, 0) is 0 Å². The Morgan fingerprint density at radius 2 is 2.16 bits per heavy atom. The molecule has 1 heterocycles. The van der Waals surface area contributed by atoms with Gasteiger partial charge < -0.3 is 5.11 Å². The monoisotopic (exact) mass is 260 g/mol. The molecule has 19 heavy (non-hydrogen) atoms. The molecule has 0 fully saturated rings. The summed E-state index contributed by atoms with van der Waals surface area (Å²) in [5, 5.41) is 10.8. The Morgan fingerprint density at radius 3 is 2.74 bits per heavy atom. The first-order chi connectivity index (χ1) is 9.04. The lowest BCUT2D eigenvalue weighted by Gasteiger charge is -2.15. The molecular formula is C14H21BN2O2. The molecule has 102 valence electrons. The number of nitrogens with zero attached hydrogens (tertiary/aromatic N) is 1. The van der Waals surface area contributed by atoms with Gasteiger partial charge in [0.25, 0.3) is 0 Å². The average molecular weight is 260 g/mol. The maximum absolute atomic E-state index is 10.5. The Labute approximate surface area is 116 Å².